The molecule has 1 aromatic rings. The number of nitrogens with zero attached hydrogens (tertiary/aromatic N) is 1. The lowest BCUT2D eigenvalue weighted by Gasteiger charge is -2.21. The zero-order valence-corrected chi connectivity index (χ0v) is 14.1. The largest absolute Gasteiger partial charge is 0.341 e. The van der Waals surface area contributed by atoms with Crippen LogP contribution in [0, 0.1) is 0 Å². The first kappa shape index (κ1) is 17.7. The van der Waals surface area contributed by atoms with E-state index < -0.39 is 0 Å². The molecule has 2 N–H and O–H groups in total. The van der Waals surface area contributed by atoms with Crippen LogP contribution in [0.1, 0.15) is 58.1 Å². The molecule has 0 aliphatic carbocycles. The van der Waals surface area contributed by atoms with Gasteiger partial charge in [-0.15, -0.1) is 0 Å². The summed E-state index contributed by atoms with van der Waals surface area (Å²) in [5.74, 6) is 0.121. The van der Waals surface area contributed by atoms with Gasteiger partial charge < -0.3 is 10.6 Å². The number of carbonyl (C=O) groups excluding carboxylic acids is 1. The molecule has 0 bridgehead atoms. The highest BCUT2D eigenvalue weighted by Gasteiger charge is 2.15. The van der Waals surface area contributed by atoms with Crippen LogP contribution in [-0.4, -0.2) is 23.9 Å². The van der Waals surface area contributed by atoms with E-state index in [1.54, 1.807) is 4.90 Å². The summed E-state index contributed by atoms with van der Waals surface area (Å²) < 4.78 is 0. The molecule has 0 heterocycles. The van der Waals surface area contributed by atoms with Gasteiger partial charge in [0.05, 0.1) is 0 Å². The fraction of sp³-hybridized carbons (Fsp3) is 0.611. The topological polar surface area (TPSA) is 46.3 Å². The van der Waals surface area contributed by atoms with Crippen LogP contribution in [0.15, 0.2) is 24.3 Å². The second-order valence-corrected chi connectivity index (χ2v) is 6.95. The van der Waals surface area contributed by atoms with Crippen LogP contribution in [0.2, 0.25) is 0 Å². The van der Waals surface area contributed by atoms with Gasteiger partial charge >= 0.3 is 0 Å². The number of amides is 1. The van der Waals surface area contributed by atoms with Crippen molar-refractivity contribution in [3.63, 3.8) is 0 Å². The summed E-state index contributed by atoms with van der Waals surface area (Å²) in [6, 6.07) is 8.49. The first-order valence-electron chi connectivity index (χ1n) is 7.83. The molecule has 0 spiro atoms. The maximum atomic E-state index is 12.1. The Morgan fingerprint density at radius 1 is 1.24 bits per heavy atom. The number of benzene rings is 1. The van der Waals surface area contributed by atoms with E-state index in [2.05, 4.69) is 52.0 Å². The SMILES string of the molecule is CCCC(N)CC(=O)N(C)Cc1ccc(C(C)(C)C)cc1. The Kier molecular flexibility index (Phi) is 6.41. The predicted molar refractivity (Wildman–Crippen MR) is 89.1 cm³/mol. The minimum Gasteiger partial charge on any atom is -0.341 e. The molecule has 3 heteroatoms. The molecule has 1 amide bonds. The van der Waals surface area contributed by atoms with Gasteiger partial charge in [0.1, 0.15) is 0 Å². The summed E-state index contributed by atoms with van der Waals surface area (Å²) in [6.45, 7) is 9.33. The van der Waals surface area contributed by atoms with Crippen LogP contribution in [-0.2, 0) is 16.8 Å². The van der Waals surface area contributed by atoms with Gasteiger partial charge in [0.2, 0.25) is 5.91 Å². The molecule has 1 rings (SSSR count). The van der Waals surface area contributed by atoms with E-state index in [0.717, 1.165) is 18.4 Å². The van der Waals surface area contributed by atoms with E-state index in [1.165, 1.54) is 5.56 Å². The lowest BCUT2D eigenvalue weighted by atomic mass is 9.87. The Bertz CT molecular complexity index is 445. The van der Waals surface area contributed by atoms with E-state index in [0.29, 0.717) is 13.0 Å². The smallest absolute Gasteiger partial charge is 0.224 e. The van der Waals surface area contributed by atoms with E-state index in [1.807, 2.05) is 7.05 Å². The number of carbonyl (C=O) groups is 1. The summed E-state index contributed by atoms with van der Waals surface area (Å²) in [4.78, 5) is 13.9. The lowest BCUT2D eigenvalue weighted by molar-refractivity contribution is -0.130. The van der Waals surface area contributed by atoms with Crippen molar-refractivity contribution in [1.29, 1.82) is 0 Å². The molecule has 21 heavy (non-hydrogen) atoms. The molecule has 1 unspecified atom stereocenters. The van der Waals surface area contributed by atoms with Gasteiger partial charge in [-0.2, -0.15) is 0 Å². The van der Waals surface area contributed by atoms with Gasteiger partial charge in [-0.1, -0.05) is 58.4 Å². The van der Waals surface area contributed by atoms with Crippen LogP contribution >= 0.6 is 0 Å². The summed E-state index contributed by atoms with van der Waals surface area (Å²) >= 11 is 0. The standard InChI is InChI=1S/C18H30N2O/c1-6-7-16(19)12-17(21)20(5)13-14-8-10-15(11-9-14)18(2,3)4/h8-11,16H,6-7,12-13,19H2,1-5H3. The van der Waals surface area contributed by atoms with Gasteiger partial charge in [-0.05, 0) is 23.0 Å². The van der Waals surface area contributed by atoms with E-state index >= 15 is 0 Å². The average Bonchev–Trinajstić information content (AvgIpc) is 2.38. The molecule has 3 nitrogen and oxygen atoms in total. The van der Waals surface area contributed by atoms with Gasteiger partial charge in [-0.25, -0.2) is 0 Å². The Hall–Kier alpha value is -1.35. The lowest BCUT2D eigenvalue weighted by Crippen LogP contribution is -2.32. The maximum Gasteiger partial charge on any atom is 0.224 e. The summed E-state index contributed by atoms with van der Waals surface area (Å²) in [6.07, 6.45) is 2.36. The number of nitrogens with two attached hydrogens (primary N) is 1. The van der Waals surface area contributed by atoms with Gasteiger partial charge in [0, 0.05) is 26.1 Å². The quantitative estimate of drug-likeness (QED) is 0.872. The van der Waals surface area contributed by atoms with Crippen molar-refractivity contribution in [2.45, 2.75) is 65.0 Å². The van der Waals surface area contributed by atoms with Crippen LogP contribution in [0.25, 0.3) is 0 Å². The molecule has 0 saturated heterocycles. The highest BCUT2D eigenvalue weighted by molar-refractivity contribution is 5.76. The third-order valence-corrected chi connectivity index (χ3v) is 3.76. The Labute approximate surface area is 129 Å². The zero-order valence-electron chi connectivity index (χ0n) is 14.1. The van der Waals surface area contributed by atoms with Crippen LogP contribution < -0.4 is 5.73 Å². The average molecular weight is 290 g/mol. The van der Waals surface area contributed by atoms with E-state index in [4.69, 9.17) is 5.73 Å². The monoisotopic (exact) mass is 290 g/mol. The third-order valence-electron chi connectivity index (χ3n) is 3.76. The normalized spacial score (nSPS) is 13.0. The molecule has 1 aromatic carbocycles. The molecule has 0 aromatic heterocycles. The van der Waals surface area contributed by atoms with Crippen molar-refractivity contribution < 1.29 is 4.79 Å². The highest BCUT2D eigenvalue weighted by Crippen LogP contribution is 2.22. The van der Waals surface area contributed by atoms with Crippen molar-refractivity contribution in [1.82, 2.24) is 4.90 Å². The van der Waals surface area contributed by atoms with E-state index in [9.17, 15) is 4.79 Å². The Morgan fingerprint density at radius 3 is 2.29 bits per heavy atom. The summed E-state index contributed by atoms with van der Waals surface area (Å²) in [7, 11) is 1.85. The molecule has 118 valence electrons. The van der Waals surface area contributed by atoms with Crippen LogP contribution in [0.5, 0.6) is 0 Å². The molecule has 0 aliphatic heterocycles. The second kappa shape index (κ2) is 7.60. The minimum absolute atomic E-state index is 0.0202. The van der Waals surface area contributed by atoms with Crippen molar-refractivity contribution in [2.75, 3.05) is 7.05 Å². The molecule has 0 aliphatic rings. The Morgan fingerprint density at radius 2 is 1.81 bits per heavy atom. The fourth-order valence-electron chi connectivity index (χ4n) is 2.33. The predicted octanol–water partition coefficient (Wildman–Crippen LogP) is 3.46. The molecular formula is C18H30N2O. The highest BCUT2D eigenvalue weighted by atomic mass is 16.2. The number of hydrogen-bond acceptors (Lipinski definition) is 2. The number of rotatable bonds is 6. The zero-order chi connectivity index (χ0) is 16.0. The van der Waals surface area contributed by atoms with E-state index in [-0.39, 0.29) is 17.4 Å². The molecule has 0 saturated carbocycles. The Balaban J connectivity index is 2.58. The van der Waals surface area contributed by atoms with Crippen LogP contribution in [0.3, 0.4) is 0 Å². The van der Waals surface area contributed by atoms with Crippen molar-refractivity contribution in [3.8, 4) is 0 Å². The second-order valence-electron chi connectivity index (χ2n) is 6.95. The minimum atomic E-state index is -0.0202. The summed E-state index contributed by atoms with van der Waals surface area (Å²) in [5.41, 5.74) is 8.56. The molecule has 0 radical (unpaired) electrons. The maximum absolute atomic E-state index is 12.1. The van der Waals surface area contributed by atoms with Gasteiger partial charge in [-0.3, -0.25) is 4.79 Å². The molecular weight excluding hydrogens is 260 g/mol. The van der Waals surface area contributed by atoms with Crippen LogP contribution in [0.4, 0.5) is 0 Å². The van der Waals surface area contributed by atoms with Gasteiger partial charge in [0.25, 0.3) is 0 Å². The van der Waals surface area contributed by atoms with Crippen molar-refractivity contribution in [3.05, 3.63) is 35.4 Å². The van der Waals surface area contributed by atoms with Gasteiger partial charge in [0.15, 0.2) is 0 Å². The fourth-order valence-corrected chi connectivity index (χ4v) is 2.33. The van der Waals surface area contributed by atoms with Crippen molar-refractivity contribution >= 4 is 5.91 Å². The third kappa shape index (κ3) is 5.88. The molecule has 1 atom stereocenters. The van der Waals surface area contributed by atoms with Crippen molar-refractivity contribution in [2.24, 2.45) is 5.73 Å². The number of hydrogen-bond donors (Lipinski definition) is 1. The summed E-state index contributed by atoms with van der Waals surface area (Å²) in [5, 5.41) is 0. The first-order chi connectivity index (χ1) is 9.74. The first-order valence-corrected chi connectivity index (χ1v) is 7.83. The molecule has 0 fully saturated rings.